The quantitative estimate of drug-likeness (QED) is 0.628. The average molecular weight is 261 g/mol. The Morgan fingerprint density at radius 3 is 2.71 bits per heavy atom. The van der Waals surface area contributed by atoms with Crippen molar-refractivity contribution in [2.75, 3.05) is 6.61 Å². The minimum atomic E-state index is -1.98. The number of aliphatic carboxylic acids is 1. The van der Waals surface area contributed by atoms with Crippen molar-refractivity contribution in [3.8, 4) is 0 Å². The van der Waals surface area contributed by atoms with Crippen LogP contribution in [0.3, 0.4) is 0 Å². The molecule has 0 aliphatic rings. The molecule has 94 valence electrons. The van der Waals surface area contributed by atoms with Gasteiger partial charge in [-0.05, 0) is 6.92 Å². The van der Waals surface area contributed by atoms with Crippen molar-refractivity contribution in [3.63, 3.8) is 0 Å². The number of rotatable bonds is 5. The van der Waals surface area contributed by atoms with Gasteiger partial charge in [-0.15, -0.1) is 11.3 Å². The van der Waals surface area contributed by atoms with Crippen molar-refractivity contribution < 1.29 is 29.6 Å². The number of esters is 1. The highest BCUT2D eigenvalue weighted by molar-refractivity contribution is 7.09. The first-order valence-corrected chi connectivity index (χ1v) is 5.56. The first kappa shape index (κ1) is 13.6. The summed E-state index contributed by atoms with van der Waals surface area (Å²) < 4.78 is 4.67. The zero-order valence-electron chi connectivity index (χ0n) is 8.86. The second-order valence-corrected chi connectivity index (χ2v) is 3.91. The number of hydrogen-bond donors (Lipinski definition) is 3. The Morgan fingerprint density at radius 2 is 2.18 bits per heavy atom. The van der Waals surface area contributed by atoms with Gasteiger partial charge in [0, 0.05) is 5.38 Å². The van der Waals surface area contributed by atoms with Crippen LogP contribution in [0.15, 0.2) is 5.38 Å². The van der Waals surface area contributed by atoms with Gasteiger partial charge in [-0.3, -0.25) is 0 Å². The number of aromatic nitrogens is 1. The van der Waals surface area contributed by atoms with E-state index < -0.39 is 24.1 Å². The van der Waals surface area contributed by atoms with Crippen LogP contribution in [0.4, 0.5) is 0 Å². The summed E-state index contributed by atoms with van der Waals surface area (Å²) in [5.74, 6) is -2.22. The molecule has 2 atom stereocenters. The second kappa shape index (κ2) is 5.71. The predicted octanol–water partition coefficient (Wildman–Crippen LogP) is -0.201. The first-order valence-electron chi connectivity index (χ1n) is 4.68. The molecule has 0 radical (unpaired) electrons. The van der Waals surface area contributed by atoms with Gasteiger partial charge in [0.05, 0.1) is 6.61 Å². The number of nitrogens with zero attached hydrogens (tertiary/aromatic N) is 1. The summed E-state index contributed by atoms with van der Waals surface area (Å²) in [6.45, 7) is 1.82. The van der Waals surface area contributed by atoms with Gasteiger partial charge in [0.1, 0.15) is 11.1 Å². The number of aliphatic hydroxyl groups excluding tert-OH is 2. The second-order valence-electron chi connectivity index (χ2n) is 3.02. The van der Waals surface area contributed by atoms with Crippen LogP contribution < -0.4 is 0 Å². The lowest BCUT2D eigenvalue weighted by Gasteiger charge is -2.10. The molecule has 0 amide bonds. The first-order chi connectivity index (χ1) is 7.97. The topological polar surface area (TPSA) is 117 Å². The van der Waals surface area contributed by atoms with E-state index in [2.05, 4.69) is 9.72 Å². The van der Waals surface area contributed by atoms with Crippen molar-refractivity contribution >= 4 is 23.3 Å². The fraction of sp³-hybridized carbons (Fsp3) is 0.444. The molecular weight excluding hydrogens is 250 g/mol. The lowest BCUT2D eigenvalue weighted by molar-refractivity contribution is -0.153. The standard InChI is InChI=1S/C9H11NO6S/c1-2-16-9(15)4-3-17-7(10-4)5(11)6(12)8(13)14/h3,5-6,11-12H,2H2,1H3,(H,13,14). The number of carboxylic acids is 1. The summed E-state index contributed by atoms with van der Waals surface area (Å²) in [4.78, 5) is 25.4. The molecule has 1 aromatic rings. The van der Waals surface area contributed by atoms with Crippen LogP contribution in [0.2, 0.25) is 0 Å². The number of hydrogen-bond acceptors (Lipinski definition) is 7. The minimum absolute atomic E-state index is 0.0245. The Hall–Kier alpha value is -1.51. The molecule has 1 aromatic heterocycles. The summed E-state index contributed by atoms with van der Waals surface area (Å²) in [5, 5.41) is 28.3. The SMILES string of the molecule is CCOC(=O)c1csc(C(O)C(O)C(=O)O)n1. The van der Waals surface area contributed by atoms with E-state index in [1.807, 2.05) is 0 Å². The number of carbonyl (C=O) groups excluding carboxylic acids is 1. The molecule has 0 saturated heterocycles. The molecule has 0 saturated carbocycles. The van der Waals surface area contributed by atoms with E-state index in [1.54, 1.807) is 6.92 Å². The number of aliphatic hydroxyl groups is 2. The summed E-state index contributed by atoms with van der Waals surface area (Å²) in [6.07, 6.45) is -3.64. The smallest absolute Gasteiger partial charge is 0.357 e. The maximum Gasteiger partial charge on any atom is 0.357 e. The molecule has 0 aliphatic carbocycles. The molecule has 2 unspecified atom stereocenters. The number of carboxylic acid groups (broad SMARTS) is 1. The summed E-state index contributed by atoms with van der Waals surface area (Å²) >= 11 is 0.872. The number of thiazole rings is 1. The Kier molecular flexibility index (Phi) is 4.55. The number of ether oxygens (including phenoxy) is 1. The van der Waals surface area contributed by atoms with Crippen molar-refractivity contribution in [1.29, 1.82) is 0 Å². The van der Waals surface area contributed by atoms with E-state index >= 15 is 0 Å². The van der Waals surface area contributed by atoms with Gasteiger partial charge >= 0.3 is 11.9 Å². The Bertz CT molecular complexity index is 417. The van der Waals surface area contributed by atoms with Gasteiger partial charge in [0.15, 0.2) is 11.8 Å². The zero-order valence-corrected chi connectivity index (χ0v) is 9.68. The predicted molar refractivity (Wildman–Crippen MR) is 56.7 cm³/mol. The van der Waals surface area contributed by atoms with Gasteiger partial charge < -0.3 is 20.1 Å². The highest BCUT2D eigenvalue weighted by Gasteiger charge is 2.28. The van der Waals surface area contributed by atoms with Crippen molar-refractivity contribution in [2.24, 2.45) is 0 Å². The van der Waals surface area contributed by atoms with E-state index in [0.717, 1.165) is 11.3 Å². The van der Waals surface area contributed by atoms with Crippen LogP contribution in [0, 0.1) is 0 Å². The van der Waals surface area contributed by atoms with Crippen LogP contribution in [-0.4, -0.2) is 45.0 Å². The normalized spacial score (nSPS) is 14.1. The van der Waals surface area contributed by atoms with Gasteiger partial charge in [-0.1, -0.05) is 0 Å². The third-order valence-electron chi connectivity index (χ3n) is 1.81. The maximum atomic E-state index is 11.2. The van der Waals surface area contributed by atoms with Crippen LogP contribution in [0.1, 0.15) is 28.5 Å². The Balaban J connectivity index is 2.80. The van der Waals surface area contributed by atoms with Gasteiger partial charge in [0.25, 0.3) is 0 Å². The zero-order chi connectivity index (χ0) is 13.0. The van der Waals surface area contributed by atoms with Crippen LogP contribution in [0.5, 0.6) is 0 Å². The number of carbonyl (C=O) groups is 2. The molecule has 0 aliphatic heterocycles. The molecule has 0 bridgehead atoms. The molecule has 1 heterocycles. The molecular formula is C9H11NO6S. The highest BCUT2D eigenvalue weighted by Crippen LogP contribution is 2.21. The fourth-order valence-electron chi connectivity index (χ4n) is 0.992. The fourth-order valence-corrected chi connectivity index (χ4v) is 1.79. The third-order valence-corrected chi connectivity index (χ3v) is 2.73. The van der Waals surface area contributed by atoms with E-state index in [-0.39, 0.29) is 17.3 Å². The molecule has 7 nitrogen and oxygen atoms in total. The van der Waals surface area contributed by atoms with Crippen LogP contribution in [-0.2, 0) is 9.53 Å². The van der Waals surface area contributed by atoms with E-state index in [1.165, 1.54) is 5.38 Å². The van der Waals surface area contributed by atoms with Gasteiger partial charge in [-0.2, -0.15) is 0 Å². The Labute approximate surface area is 100 Å². The summed E-state index contributed by atoms with van der Waals surface area (Å²) in [6, 6.07) is 0. The minimum Gasteiger partial charge on any atom is -0.479 e. The van der Waals surface area contributed by atoms with E-state index in [0.29, 0.717) is 0 Å². The van der Waals surface area contributed by atoms with Gasteiger partial charge in [0.2, 0.25) is 0 Å². The molecule has 1 rings (SSSR count). The monoisotopic (exact) mass is 261 g/mol. The summed E-state index contributed by atoms with van der Waals surface area (Å²) in [5.41, 5.74) is -0.0245. The van der Waals surface area contributed by atoms with Crippen molar-refractivity contribution in [2.45, 2.75) is 19.1 Å². The third kappa shape index (κ3) is 3.22. The molecule has 0 fully saturated rings. The lowest BCUT2D eigenvalue weighted by atomic mass is 10.2. The average Bonchev–Trinajstić information content (AvgIpc) is 2.76. The highest BCUT2D eigenvalue weighted by atomic mass is 32.1. The van der Waals surface area contributed by atoms with Crippen LogP contribution in [0.25, 0.3) is 0 Å². The molecule has 17 heavy (non-hydrogen) atoms. The van der Waals surface area contributed by atoms with E-state index in [9.17, 15) is 14.7 Å². The maximum absolute atomic E-state index is 11.2. The molecule has 8 heteroatoms. The van der Waals surface area contributed by atoms with Crippen molar-refractivity contribution in [3.05, 3.63) is 16.1 Å². The summed E-state index contributed by atoms with van der Waals surface area (Å²) in [7, 11) is 0. The van der Waals surface area contributed by atoms with Crippen molar-refractivity contribution in [1.82, 2.24) is 4.98 Å². The molecule has 0 spiro atoms. The lowest BCUT2D eigenvalue weighted by Crippen LogP contribution is -2.27. The van der Waals surface area contributed by atoms with E-state index in [4.69, 9.17) is 10.2 Å². The Morgan fingerprint density at radius 1 is 1.53 bits per heavy atom. The molecule has 3 N–H and O–H groups in total. The van der Waals surface area contributed by atoms with Crippen LogP contribution >= 0.6 is 11.3 Å². The van der Waals surface area contributed by atoms with Gasteiger partial charge in [-0.25, -0.2) is 14.6 Å². The molecule has 0 aromatic carbocycles. The largest absolute Gasteiger partial charge is 0.479 e.